The fraction of sp³-hybridized carbons (Fsp3) is 0.464. The van der Waals surface area contributed by atoms with Crippen LogP contribution in [-0.4, -0.2) is 56.1 Å². The largest absolute Gasteiger partial charge is 0.490 e. The molecule has 2 aliphatic heterocycles. The molecular weight excluding hydrogens is 575 g/mol. The van der Waals surface area contributed by atoms with Crippen molar-refractivity contribution in [3.63, 3.8) is 0 Å². The van der Waals surface area contributed by atoms with E-state index in [1.54, 1.807) is 25.1 Å². The molecule has 9 nitrogen and oxygen atoms in total. The number of anilines is 1. The smallest absolute Gasteiger partial charge is 0.264 e. The van der Waals surface area contributed by atoms with Crippen LogP contribution in [0.2, 0.25) is 10.0 Å². The molecule has 3 aliphatic rings. The van der Waals surface area contributed by atoms with Gasteiger partial charge in [-0.1, -0.05) is 29.3 Å². The van der Waals surface area contributed by atoms with Gasteiger partial charge in [-0.05, 0) is 75.8 Å². The molecule has 1 saturated heterocycles. The Morgan fingerprint density at radius 1 is 1.00 bits per heavy atom. The molecule has 0 radical (unpaired) electrons. The molecule has 214 valence electrons. The number of likely N-dealkylation sites (tertiary alicyclic amines) is 1. The number of sulfonamides is 1. The maximum absolute atomic E-state index is 13.0. The molecule has 0 spiro atoms. The van der Waals surface area contributed by atoms with Gasteiger partial charge in [-0.15, -0.1) is 0 Å². The number of carbonyl (C=O) groups is 2. The molecule has 5 rings (SSSR count). The van der Waals surface area contributed by atoms with E-state index < -0.39 is 15.9 Å². The lowest BCUT2D eigenvalue weighted by molar-refractivity contribution is -0.124. The SMILES string of the molecule is CC1=NN(c2cccc(S(=O)(=O)NC(=O)C3CCC(N4CCC(Oc5ccc(Cl)c(Cl)c5)CC4)CC3)c2)C(=O)C1. The predicted octanol–water partition coefficient (Wildman–Crippen LogP) is 5.01. The normalized spacial score (nSPS) is 22.7. The number of hydrogen-bond donors (Lipinski definition) is 1. The molecule has 0 aromatic heterocycles. The first-order valence-corrected chi connectivity index (χ1v) is 15.7. The van der Waals surface area contributed by atoms with Crippen LogP contribution >= 0.6 is 23.2 Å². The second-order valence-electron chi connectivity index (χ2n) is 10.6. The summed E-state index contributed by atoms with van der Waals surface area (Å²) < 4.78 is 34.4. The molecule has 2 heterocycles. The lowest BCUT2D eigenvalue weighted by Crippen LogP contribution is -2.46. The highest BCUT2D eigenvalue weighted by Gasteiger charge is 2.33. The number of halogens is 2. The van der Waals surface area contributed by atoms with Gasteiger partial charge in [0.05, 0.1) is 27.0 Å². The Balaban J connectivity index is 1.10. The van der Waals surface area contributed by atoms with E-state index in [1.165, 1.54) is 23.2 Å². The van der Waals surface area contributed by atoms with Gasteiger partial charge < -0.3 is 9.64 Å². The zero-order valence-corrected chi connectivity index (χ0v) is 24.5. The summed E-state index contributed by atoms with van der Waals surface area (Å²) in [7, 11) is -4.09. The van der Waals surface area contributed by atoms with E-state index in [0.717, 1.165) is 38.8 Å². The topological polar surface area (TPSA) is 108 Å². The van der Waals surface area contributed by atoms with E-state index in [0.29, 0.717) is 46.1 Å². The molecular formula is C28H32Cl2N4O5S. The van der Waals surface area contributed by atoms with Gasteiger partial charge >= 0.3 is 0 Å². The van der Waals surface area contributed by atoms with E-state index in [2.05, 4.69) is 14.7 Å². The summed E-state index contributed by atoms with van der Waals surface area (Å²) in [6.07, 6.45) is 5.02. The third-order valence-corrected chi connectivity index (χ3v) is 9.86. The molecule has 0 unspecified atom stereocenters. The minimum absolute atomic E-state index is 0.0782. The molecule has 1 aliphatic carbocycles. The first kappa shape index (κ1) is 28.9. The average Bonchev–Trinajstić information content (AvgIpc) is 3.28. The van der Waals surface area contributed by atoms with Crippen molar-refractivity contribution in [1.82, 2.24) is 9.62 Å². The lowest BCUT2D eigenvalue weighted by Gasteiger charge is -2.40. The number of rotatable bonds is 7. The maximum Gasteiger partial charge on any atom is 0.264 e. The first-order valence-electron chi connectivity index (χ1n) is 13.5. The van der Waals surface area contributed by atoms with E-state index in [-0.39, 0.29) is 29.2 Å². The van der Waals surface area contributed by atoms with Crippen LogP contribution in [0.1, 0.15) is 51.9 Å². The number of piperidine rings is 1. The molecule has 12 heteroatoms. The lowest BCUT2D eigenvalue weighted by atomic mass is 9.84. The van der Waals surface area contributed by atoms with E-state index in [9.17, 15) is 18.0 Å². The van der Waals surface area contributed by atoms with E-state index in [1.807, 2.05) is 6.07 Å². The Kier molecular flexibility index (Phi) is 8.70. The Labute approximate surface area is 244 Å². The summed E-state index contributed by atoms with van der Waals surface area (Å²) in [5.41, 5.74) is 1.01. The quantitative estimate of drug-likeness (QED) is 0.474. The molecule has 40 heavy (non-hydrogen) atoms. The van der Waals surface area contributed by atoms with Crippen molar-refractivity contribution >= 4 is 56.4 Å². The zero-order valence-electron chi connectivity index (χ0n) is 22.2. The number of hydrazone groups is 1. The third kappa shape index (κ3) is 6.62. The minimum atomic E-state index is -4.09. The summed E-state index contributed by atoms with van der Waals surface area (Å²) in [5.74, 6) is -0.355. The van der Waals surface area contributed by atoms with Gasteiger partial charge in [0.1, 0.15) is 11.9 Å². The second-order valence-corrected chi connectivity index (χ2v) is 13.1. The van der Waals surface area contributed by atoms with Crippen LogP contribution in [0.4, 0.5) is 5.69 Å². The van der Waals surface area contributed by atoms with Crippen LogP contribution in [-0.2, 0) is 19.6 Å². The van der Waals surface area contributed by atoms with Crippen molar-refractivity contribution in [2.45, 2.75) is 68.9 Å². The monoisotopic (exact) mass is 606 g/mol. The van der Waals surface area contributed by atoms with E-state index >= 15 is 0 Å². The van der Waals surface area contributed by atoms with Gasteiger partial charge in [-0.3, -0.25) is 9.59 Å². The summed E-state index contributed by atoms with van der Waals surface area (Å²) in [6, 6.07) is 11.6. The Morgan fingerprint density at radius 2 is 1.73 bits per heavy atom. The van der Waals surface area contributed by atoms with Crippen LogP contribution in [0.25, 0.3) is 0 Å². The number of amides is 2. The van der Waals surface area contributed by atoms with Crippen molar-refractivity contribution in [3.05, 3.63) is 52.5 Å². The molecule has 2 amide bonds. The number of benzene rings is 2. The Morgan fingerprint density at radius 3 is 2.38 bits per heavy atom. The molecule has 1 N–H and O–H groups in total. The number of ether oxygens (including phenoxy) is 1. The molecule has 2 aromatic carbocycles. The predicted molar refractivity (Wildman–Crippen MR) is 154 cm³/mol. The van der Waals surface area contributed by atoms with Gasteiger partial charge in [0, 0.05) is 36.8 Å². The Hall–Kier alpha value is -2.66. The minimum Gasteiger partial charge on any atom is -0.490 e. The van der Waals surface area contributed by atoms with Gasteiger partial charge in [0.2, 0.25) is 5.91 Å². The highest BCUT2D eigenvalue weighted by molar-refractivity contribution is 7.90. The summed E-state index contributed by atoms with van der Waals surface area (Å²) in [5, 5.41) is 6.34. The van der Waals surface area contributed by atoms with Crippen molar-refractivity contribution in [3.8, 4) is 5.75 Å². The molecule has 2 fully saturated rings. The van der Waals surface area contributed by atoms with Crippen LogP contribution in [0.5, 0.6) is 5.75 Å². The number of carbonyl (C=O) groups excluding carboxylic acids is 2. The maximum atomic E-state index is 13.0. The number of nitrogens with one attached hydrogen (secondary N) is 1. The van der Waals surface area contributed by atoms with Crippen molar-refractivity contribution in [2.75, 3.05) is 18.1 Å². The summed E-state index contributed by atoms with van der Waals surface area (Å²) in [6.45, 7) is 3.55. The third-order valence-electron chi connectivity index (χ3n) is 7.78. The van der Waals surface area contributed by atoms with Crippen LogP contribution in [0.3, 0.4) is 0 Å². The highest BCUT2D eigenvalue weighted by Crippen LogP contribution is 2.32. The van der Waals surface area contributed by atoms with Gasteiger partial charge in [-0.25, -0.2) is 18.1 Å². The fourth-order valence-electron chi connectivity index (χ4n) is 5.62. The van der Waals surface area contributed by atoms with E-state index in [4.69, 9.17) is 27.9 Å². The standard InChI is InChI=1S/C28H32Cl2N4O5S/c1-18-15-27(35)34(31-18)21-3-2-4-24(16-21)40(37,38)32-28(36)19-5-7-20(8-6-19)33-13-11-22(12-14-33)39-23-9-10-25(29)26(30)17-23/h2-4,9-10,16-17,19-20,22H,5-8,11-15H2,1H3,(H,32,36). The van der Waals surface area contributed by atoms with Crippen molar-refractivity contribution in [2.24, 2.45) is 11.0 Å². The van der Waals surface area contributed by atoms with Crippen LogP contribution < -0.4 is 14.5 Å². The molecule has 0 atom stereocenters. The average molecular weight is 608 g/mol. The number of hydrogen-bond acceptors (Lipinski definition) is 7. The van der Waals surface area contributed by atoms with Gasteiger partial charge in [-0.2, -0.15) is 5.10 Å². The fourth-order valence-corrected chi connectivity index (χ4v) is 6.99. The van der Waals surface area contributed by atoms with Gasteiger partial charge in [0.15, 0.2) is 0 Å². The molecule has 1 saturated carbocycles. The first-order chi connectivity index (χ1) is 19.1. The van der Waals surface area contributed by atoms with Crippen molar-refractivity contribution in [1.29, 1.82) is 0 Å². The molecule has 0 bridgehead atoms. The zero-order chi connectivity index (χ0) is 28.4. The van der Waals surface area contributed by atoms with Crippen molar-refractivity contribution < 1.29 is 22.7 Å². The molecule has 2 aromatic rings. The summed E-state index contributed by atoms with van der Waals surface area (Å²) in [4.78, 5) is 27.5. The number of nitrogens with zero attached hydrogens (tertiary/aromatic N) is 3. The van der Waals surface area contributed by atoms with Crippen LogP contribution in [0.15, 0.2) is 52.5 Å². The highest BCUT2D eigenvalue weighted by atomic mass is 35.5. The summed E-state index contributed by atoms with van der Waals surface area (Å²) >= 11 is 12.1. The Bertz CT molecular complexity index is 1420. The second kappa shape index (κ2) is 12.1. The van der Waals surface area contributed by atoms with Crippen LogP contribution in [0, 0.1) is 5.92 Å². The van der Waals surface area contributed by atoms with Gasteiger partial charge in [0.25, 0.3) is 15.9 Å².